The molecule has 0 spiro atoms. The molecule has 134 valence electrons. The Kier molecular flexibility index (Phi) is 6.81. The fraction of sp³-hybridized carbons (Fsp3) is 0.435. The van der Waals surface area contributed by atoms with E-state index < -0.39 is 5.60 Å². The lowest BCUT2D eigenvalue weighted by molar-refractivity contribution is -0.0153. The van der Waals surface area contributed by atoms with Crippen molar-refractivity contribution >= 4 is 5.97 Å². The van der Waals surface area contributed by atoms with Gasteiger partial charge in [-0.2, -0.15) is 0 Å². The SMILES string of the molecule is CCC(C)c1ccccc1C(=O)OC(C)(CC)CCc1ccccc1. The Labute approximate surface area is 152 Å². The van der Waals surface area contributed by atoms with Crippen molar-refractivity contribution in [2.24, 2.45) is 0 Å². The topological polar surface area (TPSA) is 26.3 Å². The molecular weight excluding hydrogens is 308 g/mol. The van der Waals surface area contributed by atoms with E-state index in [1.54, 1.807) is 0 Å². The van der Waals surface area contributed by atoms with E-state index in [0.29, 0.717) is 11.5 Å². The average Bonchev–Trinajstić information content (AvgIpc) is 2.66. The van der Waals surface area contributed by atoms with E-state index in [1.165, 1.54) is 5.56 Å². The molecule has 0 aliphatic heterocycles. The minimum absolute atomic E-state index is 0.201. The summed E-state index contributed by atoms with van der Waals surface area (Å²) in [6.07, 6.45) is 3.54. The summed E-state index contributed by atoms with van der Waals surface area (Å²) in [7, 11) is 0. The van der Waals surface area contributed by atoms with Crippen molar-refractivity contribution in [1.29, 1.82) is 0 Å². The van der Waals surface area contributed by atoms with E-state index in [2.05, 4.69) is 32.9 Å². The number of carbonyl (C=O) groups is 1. The van der Waals surface area contributed by atoms with Crippen LogP contribution in [0.25, 0.3) is 0 Å². The Morgan fingerprint density at radius 3 is 2.32 bits per heavy atom. The first kappa shape index (κ1) is 19.2. The first-order valence-corrected chi connectivity index (χ1v) is 9.35. The van der Waals surface area contributed by atoms with E-state index >= 15 is 0 Å². The van der Waals surface area contributed by atoms with E-state index in [4.69, 9.17) is 4.74 Å². The molecule has 0 fully saturated rings. The van der Waals surface area contributed by atoms with Gasteiger partial charge < -0.3 is 4.74 Å². The highest BCUT2D eigenvalue weighted by Crippen LogP contribution is 2.28. The number of aryl methyl sites for hydroxylation is 1. The van der Waals surface area contributed by atoms with Crippen LogP contribution in [0.15, 0.2) is 54.6 Å². The maximum atomic E-state index is 12.8. The largest absolute Gasteiger partial charge is 0.456 e. The van der Waals surface area contributed by atoms with Crippen LogP contribution in [0.2, 0.25) is 0 Å². The summed E-state index contributed by atoms with van der Waals surface area (Å²) >= 11 is 0. The number of carbonyl (C=O) groups excluding carboxylic acids is 1. The second kappa shape index (κ2) is 8.84. The molecular formula is C23H30O2. The molecule has 2 atom stereocenters. The van der Waals surface area contributed by atoms with Crippen LogP contribution in [-0.4, -0.2) is 11.6 Å². The molecule has 0 saturated carbocycles. The summed E-state index contributed by atoms with van der Waals surface area (Å²) < 4.78 is 5.99. The van der Waals surface area contributed by atoms with Gasteiger partial charge in [-0.15, -0.1) is 0 Å². The highest BCUT2D eigenvalue weighted by Gasteiger charge is 2.28. The fourth-order valence-corrected chi connectivity index (χ4v) is 2.96. The normalized spacial score (nSPS) is 14.6. The molecule has 25 heavy (non-hydrogen) atoms. The quantitative estimate of drug-likeness (QED) is 0.539. The van der Waals surface area contributed by atoms with Crippen LogP contribution >= 0.6 is 0 Å². The van der Waals surface area contributed by atoms with Crippen molar-refractivity contribution in [3.63, 3.8) is 0 Å². The van der Waals surface area contributed by atoms with Crippen LogP contribution in [0.1, 0.15) is 74.4 Å². The Morgan fingerprint density at radius 2 is 1.68 bits per heavy atom. The van der Waals surface area contributed by atoms with Crippen molar-refractivity contribution < 1.29 is 9.53 Å². The number of benzene rings is 2. The van der Waals surface area contributed by atoms with Gasteiger partial charge in [0.15, 0.2) is 0 Å². The molecule has 0 heterocycles. The molecule has 0 aromatic heterocycles. The number of ether oxygens (including phenoxy) is 1. The minimum atomic E-state index is -0.449. The molecule has 0 aliphatic carbocycles. The van der Waals surface area contributed by atoms with Gasteiger partial charge in [0.1, 0.15) is 5.60 Å². The van der Waals surface area contributed by atoms with Gasteiger partial charge in [-0.3, -0.25) is 0 Å². The third-order valence-corrected chi connectivity index (χ3v) is 5.20. The number of rotatable bonds is 8. The van der Waals surface area contributed by atoms with Crippen LogP contribution in [0.5, 0.6) is 0 Å². The van der Waals surface area contributed by atoms with Gasteiger partial charge in [0, 0.05) is 0 Å². The predicted molar refractivity (Wildman–Crippen MR) is 104 cm³/mol. The second-order valence-corrected chi connectivity index (χ2v) is 7.08. The Balaban J connectivity index is 2.11. The molecule has 0 radical (unpaired) electrons. The van der Waals surface area contributed by atoms with Crippen molar-refractivity contribution in [3.05, 3.63) is 71.3 Å². The van der Waals surface area contributed by atoms with Crippen LogP contribution in [0.4, 0.5) is 0 Å². The molecule has 2 aromatic carbocycles. The summed E-state index contributed by atoms with van der Waals surface area (Å²) in [4.78, 5) is 12.8. The summed E-state index contributed by atoms with van der Waals surface area (Å²) in [6.45, 7) is 8.42. The predicted octanol–water partition coefficient (Wildman–Crippen LogP) is 6.16. The van der Waals surface area contributed by atoms with Gasteiger partial charge in [0.2, 0.25) is 0 Å². The highest BCUT2D eigenvalue weighted by atomic mass is 16.6. The molecule has 0 amide bonds. The summed E-state index contributed by atoms with van der Waals surface area (Å²) in [6, 6.07) is 18.2. The fourth-order valence-electron chi connectivity index (χ4n) is 2.96. The molecule has 2 rings (SSSR count). The average molecular weight is 338 g/mol. The summed E-state index contributed by atoms with van der Waals surface area (Å²) in [5.41, 5.74) is 2.61. The second-order valence-electron chi connectivity index (χ2n) is 7.08. The molecule has 0 N–H and O–H groups in total. The Hall–Kier alpha value is -2.09. The van der Waals surface area contributed by atoms with Crippen molar-refractivity contribution in [2.45, 2.75) is 64.9 Å². The van der Waals surface area contributed by atoms with Crippen molar-refractivity contribution in [2.75, 3.05) is 0 Å². The zero-order chi connectivity index (χ0) is 18.3. The number of esters is 1. The zero-order valence-corrected chi connectivity index (χ0v) is 15.9. The summed E-state index contributed by atoms with van der Waals surface area (Å²) in [5.74, 6) is 0.147. The molecule has 0 saturated heterocycles. The first-order chi connectivity index (χ1) is 12.0. The third kappa shape index (κ3) is 5.19. The first-order valence-electron chi connectivity index (χ1n) is 9.35. The van der Waals surface area contributed by atoms with E-state index in [1.807, 2.05) is 49.4 Å². The lowest BCUT2D eigenvalue weighted by atomic mass is 9.92. The van der Waals surface area contributed by atoms with Gasteiger partial charge >= 0.3 is 5.97 Å². The van der Waals surface area contributed by atoms with Gasteiger partial charge in [-0.1, -0.05) is 69.3 Å². The standard InChI is InChI=1S/C23H30O2/c1-5-18(3)20-14-10-11-15-21(20)22(24)25-23(4,6-2)17-16-19-12-8-7-9-13-19/h7-15,18H,5-6,16-17H2,1-4H3. The molecule has 2 nitrogen and oxygen atoms in total. The third-order valence-electron chi connectivity index (χ3n) is 5.20. The lowest BCUT2D eigenvalue weighted by Crippen LogP contribution is -2.32. The van der Waals surface area contributed by atoms with E-state index in [-0.39, 0.29) is 5.97 Å². The molecule has 2 heteroatoms. The van der Waals surface area contributed by atoms with Gasteiger partial charge in [0.05, 0.1) is 5.56 Å². The van der Waals surface area contributed by atoms with Crippen LogP contribution in [0.3, 0.4) is 0 Å². The van der Waals surface area contributed by atoms with Gasteiger partial charge in [0.25, 0.3) is 0 Å². The molecule has 0 aliphatic rings. The zero-order valence-electron chi connectivity index (χ0n) is 15.9. The number of hydrogen-bond donors (Lipinski definition) is 0. The van der Waals surface area contributed by atoms with Gasteiger partial charge in [-0.05, 0) is 55.7 Å². The molecule has 2 unspecified atom stereocenters. The Morgan fingerprint density at radius 1 is 1.04 bits per heavy atom. The lowest BCUT2D eigenvalue weighted by Gasteiger charge is -2.29. The molecule has 0 bridgehead atoms. The smallest absolute Gasteiger partial charge is 0.338 e. The summed E-state index contributed by atoms with van der Waals surface area (Å²) in [5, 5.41) is 0. The van der Waals surface area contributed by atoms with Crippen molar-refractivity contribution in [3.8, 4) is 0 Å². The molecule has 2 aromatic rings. The van der Waals surface area contributed by atoms with Crippen LogP contribution in [0, 0.1) is 0 Å². The maximum Gasteiger partial charge on any atom is 0.338 e. The van der Waals surface area contributed by atoms with E-state index in [0.717, 1.165) is 31.2 Å². The van der Waals surface area contributed by atoms with Crippen molar-refractivity contribution in [1.82, 2.24) is 0 Å². The maximum absolute atomic E-state index is 12.8. The minimum Gasteiger partial charge on any atom is -0.456 e. The van der Waals surface area contributed by atoms with Gasteiger partial charge in [-0.25, -0.2) is 4.79 Å². The number of hydrogen-bond acceptors (Lipinski definition) is 2. The Bertz CT molecular complexity index is 678. The van der Waals surface area contributed by atoms with Crippen LogP contribution < -0.4 is 0 Å². The monoisotopic (exact) mass is 338 g/mol. The van der Waals surface area contributed by atoms with Crippen LogP contribution in [-0.2, 0) is 11.2 Å². The van der Waals surface area contributed by atoms with E-state index in [9.17, 15) is 4.79 Å². The highest BCUT2D eigenvalue weighted by molar-refractivity contribution is 5.91.